The van der Waals surface area contributed by atoms with E-state index >= 15 is 0 Å². The van der Waals surface area contributed by atoms with E-state index in [0.717, 1.165) is 27.1 Å². The number of carboxylic acids is 1. The Kier molecular flexibility index (Phi) is 6.68. The van der Waals surface area contributed by atoms with Crippen LogP contribution in [-0.4, -0.2) is 35.2 Å². The molecule has 4 heterocycles. The molecule has 0 aliphatic carbocycles. The molecule has 0 bridgehead atoms. The Bertz CT molecular complexity index is 1780. The number of hydrogen-bond donors (Lipinski definition) is 2. The van der Waals surface area contributed by atoms with Crippen LogP contribution in [0.5, 0.6) is 5.88 Å². The number of H-pyrrole nitrogens is 1. The summed E-state index contributed by atoms with van der Waals surface area (Å²) in [6.45, 7) is 6.49. The molecule has 0 aliphatic rings. The van der Waals surface area contributed by atoms with Crippen molar-refractivity contribution in [2.45, 2.75) is 40.5 Å². The zero-order valence-corrected chi connectivity index (χ0v) is 21.8. The van der Waals surface area contributed by atoms with Gasteiger partial charge in [0.15, 0.2) is 11.2 Å². The highest BCUT2D eigenvalue weighted by atomic mass is 32.1. The van der Waals surface area contributed by atoms with Crippen molar-refractivity contribution in [2.75, 3.05) is 0 Å². The minimum atomic E-state index is -0.965. The van der Waals surface area contributed by atoms with Crippen LogP contribution in [0.3, 0.4) is 0 Å². The molecule has 38 heavy (non-hydrogen) atoms. The highest BCUT2D eigenvalue weighted by Crippen LogP contribution is 2.30. The van der Waals surface area contributed by atoms with E-state index in [1.165, 1.54) is 15.9 Å². The highest BCUT2D eigenvalue weighted by Gasteiger charge is 2.19. The molecule has 0 spiro atoms. The zero-order chi connectivity index (χ0) is 27.0. The van der Waals surface area contributed by atoms with E-state index in [0.29, 0.717) is 29.4 Å². The van der Waals surface area contributed by atoms with Crippen LogP contribution in [0.2, 0.25) is 0 Å². The summed E-state index contributed by atoms with van der Waals surface area (Å²) in [4.78, 5) is 49.2. The molecule has 0 fully saturated rings. The molecule has 2 N–H and O–H groups in total. The van der Waals surface area contributed by atoms with Crippen LogP contribution in [0.4, 0.5) is 0 Å². The average Bonchev–Trinajstić information content (AvgIpc) is 3.53. The number of aromatic amines is 1. The number of thiophene rings is 1. The van der Waals surface area contributed by atoms with E-state index in [-0.39, 0.29) is 18.0 Å². The molecule has 4 aromatic heterocycles. The van der Waals surface area contributed by atoms with Gasteiger partial charge in [0.25, 0.3) is 5.56 Å². The fourth-order valence-corrected chi connectivity index (χ4v) is 5.11. The van der Waals surface area contributed by atoms with Gasteiger partial charge >= 0.3 is 11.7 Å². The number of nitrogens with zero attached hydrogens (tertiary/aromatic N) is 4. The van der Waals surface area contributed by atoms with Gasteiger partial charge in [-0.3, -0.25) is 14.3 Å². The number of carbonyl (C=O) groups is 1. The second kappa shape index (κ2) is 10.1. The third kappa shape index (κ3) is 4.75. The highest BCUT2D eigenvalue weighted by molar-refractivity contribution is 7.17. The molecular weight excluding hydrogens is 506 g/mol. The number of aromatic carboxylic acids is 1. The first-order valence-corrected chi connectivity index (χ1v) is 12.8. The Labute approximate surface area is 220 Å². The maximum Gasteiger partial charge on any atom is 0.345 e. The minimum absolute atomic E-state index is 0.0377. The Morgan fingerprint density at radius 3 is 2.53 bits per heavy atom. The number of fused-ring (bicyclic) bond motifs is 1. The van der Waals surface area contributed by atoms with E-state index in [1.807, 2.05) is 51.1 Å². The van der Waals surface area contributed by atoms with Gasteiger partial charge in [-0.1, -0.05) is 29.8 Å². The maximum atomic E-state index is 12.8. The van der Waals surface area contributed by atoms with Crippen molar-refractivity contribution in [3.8, 4) is 16.3 Å². The van der Waals surface area contributed by atoms with Gasteiger partial charge in [-0.05, 0) is 44.5 Å². The van der Waals surface area contributed by atoms with E-state index < -0.39 is 17.2 Å². The number of aryl methyl sites for hydroxylation is 3. The van der Waals surface area contributed by atoms with E-state index in [9.17, 15) is 19.5 Å². The molecule has 1 aromatic carbocycles. The van der Waals surface area contributed by atoms with Gasteiger partial charge in [0.2, 0.25) is 5.88 Å². The van der Waals surface area contributed by atoms with Gasteiger partial charge in [0.05, 0.1) is 6.54 Å². The molecule has 0 aliphatic heterocycles. The van der Waals surface area contributed by atoms with E-state index in [2.05, 4.69) is 15.0 Å². The first-order chi connectivity index (χ1) is 18.2. The SMILES string of the molecule is CCn1c(COc2ncc(-c3ccc(C(=O)O)s3)cc2C)nc2c1c(=O)[nH]c(=O)n2Cc1ccc(C)cc1. The average molecular weight is 532 g/mol. The second-order valence-corrected chi connectivity index (χ2v) is 9.96. The number of aromatic nitrogens is 5. The van der Waals surface area contributed by atoms with Crippen molar-refractivity contribution in [3.05, 3.63) is 96.9 Å². The zero-order valence-electron chi connectivity index (χ0n) is 21.0. The summed E-state index contributed by atoms with van der Waals surface area (Å²) in [5.41, 5.74) is 3.17. The van der Waals surface area contributed by atoms with Crippen LogP contribution < -0.4 is 16.0 Å². The van der Waals surface area contributed by atoms with Gasteiger partial charge in [-0.2, -0.15) is 0 Å². The lowest BCUT2D eigenvalue weighted by atomic mass is 10.1. The lowest BCUT2D eigenvalue weighted by Gasteiger charge is -2.10. The summed E-state index contributed by atoms with van der Waals surface area (Å²) in [6, 6.07) is 13.0. The molecule has 194 valence electrons. The van der Waals surface area contributed by atoms with E-state index in [4.69, 9.17) is 4.74 Å². The van der Waals surface area contributed by atoms with Gasteiger partial charge in [-0.15, -0.1) is 11.3 Å². The number of imidazole rings is 1. The Morgan fingerprint density at radius 2 is 1.87 bits per heavy atom. The van der Waals surface area contributed by atoms with Gasteiger partial charge in [0, 0.05) is 28.7 Å². The van der Waals surface area contributed by atoms with Gasteiger partial charge in [0.1, 0.15) is 17.3 Å². The number of carboxylic acid groups (broad SMARTS) is 1. The fourth-order valence-electron chi connectivity index (χ4n) is 4.28. The number of nitrogens with one attached hydrogen (secondary N) is 1. The monoisotopic (exact) mass is 531 g/mol. The van der Waals surface area contributed by atoms with Crippen LogP contribution in [0, 0.1) is 13.8 Å². The predicted molar refractivity (Wildman–Crippen MR) is 144 cm³/mol. The third-order valence-corrected chi connectivity index (χ3v) is 7.33. The molecule has 5 rings (SSSR count). The summed E-state index contributed by atoms with van der Waals surface area (Å²) >= 11 is 1.18. The molecule has 0 amide bonds. The Balaban J connectivity index is 1.45. The first-order valence-electron chi connectivity index (χ1n) is 12.0. The number of rotatable bonds is 8. The van der Waals surface area contributed by atoms with Gasteiger partial charge < -0.3 is 14.4 Å². The normalized spacial score (nSPS) is 11.2. The van der Waals surface area contributed by atoms with Gasteiger partial charge in [-0.25, -0.2) is 19.6 Å². The van der Waals surface area contributed by atoms with Crippen molar-refractivity contribution in [1.29, 1.82) is 0 Å². The Morgan fingerprint density at radius 1 is 1.11 bits per heavy atom. The summed E-state index contributed by atoms with van der Waals surface area (Å²) in [5, 5.41) is 9.18. The maximum absolute atomic E-state index is 12.8. The molecule has 0 atom stereocenters. The standard InChI is InChI=1S/C27H25N5O5S/c1-4-31-21(14-37-25-16(3)11-18(12-28-25)19-9-10-20(38-19)26(34)35)29-23-22(31)24(33)30-27(36)32(23)13-17-7-5-15(2)6-8-17/h5-12H,4,13-14H2,1-3H3,(H,34,35)(H,30,33,36). The quantitative estimate of drug-likeness (QED) is 0.310. The molecular formula is C27H25N5O5S. The lowest BCUT2D eigenvalue weighted by molar-refractivity contribution is 0.0702. The van der Waals surface area contributed by atoms with Crippen LogP contribution in [0.1, 0.15) is 39.1 Å². The lowest BCUT2D eigenvalue weighted by Crippen LogP contribution is -2.31. The van der Waals surface area contributed by atoms with Crippen molar-refractivity contribution in [1.82, 2.24) is 24.1 Å². The molecule has 0 radical (unpaired) electrons. The summed E-state index contributed by atoms with van der Waals surface area (Å²) < 4.78 is 9.18. The van der Waals surface area contributed by atoms with Crippen LogP contribution in [-0.2, 0) is 19.7 Å². The summed E-state index contributed by atoms with van der Waals surface area (Å²) in [7, 11) is 0. The number of pyridine rings is 1. The molecule has 0 unspecified atom stereocenters. The van der Waals surface area contributed by atoms with Crippen LogP contribution in [0.25, 0.3) is 21.6 Å². The summed E-state index contributed by atoms with van der Waals surface area (Å²) in [5.74, 6) is -0.0804. The number of hydrogen-bond acceptors (Lipinski definition) is 7. The van der Waals surface area contributed by atoms with E-state index in [1.54, 1.807) is 22.9 Å². The fraction of sp³-hybridized carbons (Fsp3) is 0.222. The van der Waals surface area contributed by atoms with Crippen molar-refractivity contribution in [3.63, 3.8) is 0 Å². The smallest absolute Gasteiger partial charge is 0.345 e. The second-order valence-electron chi connectivity index (χ2n) is 8.88. The third-order valence-electron chi connectivity index (χ3n) is 6.21. The van der Waals surface area contributed by atoms with Crippen LogP contribution in [0.15, 0.2) is 58.3 Å². The molecule has 11 heteroatoms. The number of benzene rings is 1. The number of ether oxygens (including phenoxy) is 1. The molecule has 0 saturated carbocycles. The predicted octanol–water partition coefficient (Wildman–Crippen LogP) is 3.97. The Hall–Kier alpha value is -4.51. The molecule has 0 saturated heterocycles. The van der Waals surface area contributed by atoms with Crippen LogP contribution >= 0.6 is 11.3 Å². The largest absolute Gasteiger partial charge is 0.477 e. The molecule has 10 nitrogen and oxygen atoms in total. The van der Waals surface area contributed by atoms with Crippen molar-refractivity contribution in [2.24, 2.45) is 0 Å². The first kappa shape index (κ1) is 25.2. The summed E-state index contributed by atoms with van der Waals surface area (Å²) in [6.07, 6.45) is 1.63. The van der Waals surface area contributed by atoms with Crippen molar-refractivity contribution >= 4 is 28.5 Å². The minimum Gasteiger partial charge on any atom is -0.477 e. The molecule has 5 aromatic rings. The van der Waals surface area contributed by atoms with Crippen molar-refractivity contribution < 1.29 is 14.6 Å². The topological polar surface area (TPSA) is 132 Å².